The largest absolute Gasteiger partial charge is 0.445 e. The standard InChI is InChI=1S/C23H26BrNO4S/c24-19-6-8-20(9-7-19)30-16-18-14-23(28-12-13-29-23)11-10-21(18)25-22(26)27-15-17-4-2-1-3-5-17/h1-9,18,21H,10-16H2,(H,25,26)/t18-,21-/m0/s1. The summed E-state index contributed by atoms with van der Waals surface area (Å²) in [4.78, 5) is 13.7. The Balaban J connectivity index is 1.36. The smallest absolute Gasteiger partial charge is 0.407 e. The number of ether oxygens (including phenoxy) is 3. The number of carbonyl (C=O) groups excluding carboxylic acids is 1. The first-order valence-corrected chi connectivity index (χ1v) is 12.0. The van der Waals surface area contributed by atoms with Gasteiger partial charge in [0, 0.05) is 34.0 Å². The Morgan fingerprint density at radius 3 is 2.60 bits per heavy atom. The molecular weight excluding hydrogens is 466 g/mol. The SMILES string of the molecule is O=C(N[C@H]1CCC2(C[C@H]1CSc1ccc(Br)cc1)OCCO2)OCc1ccccc1. The van der Waals surface area contributed by atoms with Gasteiger partial charge in [-0.25, -0.2) is 4.79 Å². The van der Waals surface area contributed by atoms with E-state index in [2.05, 4.69) is 33.4 Å². The van der Waals surface area contributed by atoms with Crippen LogP contribution in [0.15, 0.2) is 64.0 Å². The molecule has 2 atom stereocenters. The maximum absolute atomic E-state index is 12.4. The molecule has 1 aliphatic heterocycles. The first-order valence-electron chi connectivity index (χ1n) is 10.3. The molecule has 7 heteroatoms. The molecule has 1 spiro atoms. The van der Waals surface area contributed by atoms with Gasteiger partial charge in [0.05, 0.1) is 13.2 Å². The molecule has 1 amide bonds. The summed E-state index contributed by atoms with van der Waals surface area (Å²) < 4.78 is 18.4. The van der Waals surface area contributed by atoms with E-state index in [0.717, 1.165) is 35.1 Å². The molecule has 2 fully saturated rings. The molecule has 30 heavy (non-hydrogen) atoms. The number of benzene rings is 2. The summed E-state index contributed by atoms with van der Waals surface area (Å²) in [5, 5.41) is 3.10. The number of thioether (sulfide) groups is 1. The number of halogens is 1. The molecule has 1 saturated carbocycles. The lowest BCUT2D eigenvalue weighted by Gasteiger charge is -2.41. The summed E-state index contributed by atoms with van der Waals surface area (Å²) in [6, 6.07) is 18.1. The molecular formula is C23H26BrNO4S. The van der Waals surface area contributed by atoms with Gasteiger partial charge in [0.25, 0.3) is 0 Å². The van der Waals surface area contributed by atoms with E-state index in [1.807, 2.05) is 42.5 Å². The van der Waals surface area contributed by atoms with Crippen molar-refractivity contribution in [2.24, 2.45) is 5.92 Å². The number of hydrogen-bond donors (Lipinski definition) is 1. The highest BCUT2D eigenvalue weighted by atomic mass is 79.9. The van der Waals surface area contributed by atoms with Gasteiger partial charge in [0.15, 0.2) is 5.79 Å². The third kappa shape index (κ3) is 5.78. The number of rotatable bonds is 6. The number of nitrogens with one attached hydrogen (secondary N) is 1. The van der Waals surface area contributed by atoms with Crippen LogP contribution in [0.3, 0.4) is 0 Å². The highest BCUT2D eigenvalue weighted by molar-refractivity contribution is 9.10. The predicted molar refractivity (Wildman–Crippen MR) is 120 cm³/mol. The van der Waals surface area contributed by atoms with Crippen molar-refractivity contribution in [3.05, 3.63) is 64.6 Å². The highest BCUT2D eigenvalue weighted by Gasteiger charge is 2.45. The van der Waals surface area contributed by atoms with Crippen LogP contribution < -0.4 is 5.32 Å². The Kier molecular flexibility index (Phi) is 7.36. The Labute approximate surface area is 190 Å². The van der Waals surface area contributed by atoms with E-state index in [1.54, 1.807) is 11.8 Å². The molecule has 1 heterocycles. The lowest BCUT2D eigenvalue weighted by atomic mass is 9.81. The van der Waals surface area contributed by atoms with Crippen LogP contribution in [0.5, 0.6) is 0 Å². The maximum Gasteiger partial charge on any atom is 0.407 e. The Morgan fingerprint density at radius 2 is 1.87 bits per heavy atom. The monoisotopic (exact) mass is 491 g/mol. The molecule has 2 aromatic carbocycles. The molecule has 2 aliphatic rings. The van der Waals surface area contributed by atoms with Crippen molar-refractivity contribution < 1.29 is 19.0 Å². The molecule has 5 nitrogen and oxygen atoms in total. The van der Waals surface area contributed by atoms with Crippen LogP contribution in [-0.2, 0) is 20.8 Å². The van der Waals surface area contributed by atoms with Gasteiger partial charge in [0.1, 0.15) is 6.61 Å². The van der Waals surface area contributed by atoms with Gasteiger partial charge in [-0.3, -0.25) is 0 Å². The lowest BCUT2D eigenvalue weighted by molar-refractivity contribution is -0.188. The van der Waals surface area contributed by atoms with Crippen LogP contribution in [0, 0.1) is 5.92 Å². The fourth-order valence-electron chi connectivity index (χ4n) is 4.03. The quantitative estimate of drug-likeness (QED) is 0.549. The number of hydrogen-bond acceptors (Lipinski definition) is 5. The Bertz CT molecular complexity index is 827. The van der Waals surface area contributed by atoms with Crippen molar-refractivity contribution in [3.8, 4) is 0 Å². The van der Waals surface area contributed by atoms with Crippen molar-refractivity contribution in [2.45, 2.75) is 42.6 Å². The van der Waals surface area contributed by atoms with Gasteiger partial charge in [0.2, 0.25) is 0 Å². The summed E-state index contributed by atoms with van der Waals surface area (Å²) in [6.07, 6.45) is 2.01. The van der Waals surface area contributed by atoms with Gasteiger partial charge in [-0.1, -0.05) is 46.3 Å². The molecule has 0 bridgehead atoms. The van der Waals surface area contributed by atoms with Gasteiger partial charge in [-0.2, -0.15) is 0 Å². The normalized spacial score (nSPS) is 22.7. The van der Waals surface area contributed by atoms with E-state index in [1.165, 1.54) is 4.90 Å². The fraction of sp³-hybridized carbons (Fsp3) is 0.435. The molecule has 1 N–H and O–H groups in total. The number of alkyl carbamates (subject to hydrolysis) is 1. The average Bonchev–Trinajstić information content (AvgIpc) is 3.22. The maximum atomic E-state index is 12.4. The van der Waals surface area contributed by atoms with Crippen LogP contribution in [0.25, 0.3) is 0 Å². The zero-order valence-corrected chi connectivity index (χ0v) is 19.1. The minimum Gasteiger partial charge on any atom is -0.445 e. The van der Waals surface area contributed by atoms with Crippen molar-refractivity contribution >= 4 is 33.8 Å². The summed E-state index contributed by atoms with van der Waals surface area (Å²) >= 11 is 5.27. The topological polar surface area (TPSA) is 56.8 Å². The molecule has 2 aromatic rings. The summed E-state index contributed by atoms with van der Waals surface area (Å²) in [5.74, 6) is 0.617. The third-order valence-electron chi connectivity index (χ3n) is 5.59. The molecule has 0 unspecified atom stereocenters. The molecule has 0 radical (unpaired) electrons. The van der Waals surface area contributed by atoms with E-state index < -0.39 is 5.79 Å². The second-order valence-electron chi connectivity index (χ2n) is 7.69. The van der Waals surface area contributed by atoms with E-state index in [-0.39, 0.29) is 24.7 Å². The van der Waals surface area contributed by atoms with E-state index in [0.29, 0.717) is 13.2 Å². The second-order valence-corrected chi connectivity index (χ2v) is 9.70. The average molecular weight is 492 g/mol. The third-order valence-corrected chi connectivity index (χ3v) is 7.31. The fourth-order valence-corrected chi connectivity index (χ4v) is 5.38. The van der Waals surface area contributed by atoms with E-state index >= 15 is 0 Å². The number of amides is 1. The molecule has 160 valence electrons. The van der Waals surface area contributed by atoms with E-state index in [9.17, 15) is 4.79 Å². The van der Waals surface area contributed by atoms with E-state index in [4.69, 9.17) is 14.2 Å². The van der Waals surface area contributed by atoms with Crippen LogP contribution in [0.1, 0.15) is 24.8 Å². The zero-order valence-electron chi connectivity index (χ0n) is 16.7. The van der Waals surface area contributed by atoms with Gasteiger partial charge in [-0.05, 0) is 42.2 Å². The summed E-state index contributed by atoms with van der Waals surface area (Å²) in [5.41, 5.74) is 0.977. The Hall–Kier alpha value is -1.54. The lowest BCUT2D eigenvalue weighted by Crippen LogP contribution is -2.50. The first-order chi connectivity index (χ1) is 14.6. The van der Waals surface area contributed by atoms with Crippen molar-refractivity contribution in [1.29, 1.82) is 0 Å². The predicted octanol–water partition coefficient (Wildman–Crippen LogP) is 5.38. The van der Waals surface area contributed by atoms with Crippen LogP contribution in [0.4, 0.5) is 4.79 Å². The van der Waals surface area contributed by atoms with Crippen LogP contribution in [-0.4, -0.2) is 36.9 Å². The summed E-state index contributed by atoms with van der Waals surface area (Å²) in [7, 11) is 0. The molecule has 1 aliphatic carbocycles. The zero-order chi connectivity index (χ0) is 20.8. The van der Waals surface area contributed by atoms with Gasteiger partial charge >= 0.3 is 6.09 Å². The second kappa shape index (κ2) is 10.2. The van der Waals surface area contributed by atoms with Crippen molar-refractivity contribution in [1.82, 2.24) is 5.32 Å². The number of carbonyl (C=O) groups is 1. The van der Waals surface area contributed by atoms with Crippen LogP contribution >= 0.6 is 27.7 Å². The highest BCUT2D eigenvalue weighted by Crippen LogP contribution is 2.41. The summed E-state index contributed by atoms with van der Waals surface area (Å²) in [6.45, 7) is 1.56. The minimum absolute atomic E-state index is 0.0367. The Morgan fingerprint density at radius 1 is 1.13 bits per heavy atom. The minimum atomic E-state index is -0.489. The first kappa shape index (κ1) is 21.7. The van der Waals surface area contributed by atoms with Crippen molar-refractivity contribution in [2.75, 3.05) is 19.0 Å². The van der Waals surface area contributed by atoms with Crippen LogP contribution in [0.2, 0.25) is 0 Å². The molecule has 4 rings (SSSR count). The molecule has 0 aromatic heterocycles. The van der Waals surface area contributed by atoms with Gasteiger partial charge in [-0.15, -0.1) is 11.8 Å². The van der Waals surface area contributed by atoms with Crippen molar-refractivity contribution in [3.63, 3.8) is 0 Å². The molecule has 1 saturated heterocycles. The van der Waals surface area contributed by atoms with Gasteiger partial charge < -0.3 is 19.5 Å².